The molecule has 104 valence electrons. The molecule has 0 aliphatic carbocycles. The maximum absolute atomic E-state index is 12.3. The number of nitrogens with zero attached hydrogens (tertiary/aromatic N) is 2. The molecule has 0 spiro atoms. The fourth-order valence-electron chi connectivity index (χ4n) is 2.54. The maximum atomic E-state index is 12.3. The maximum Gasteiger partial charge on any atom is 0.255 e. The zero-order valence-corrected chi connectivity index (χ0v) is 11.7. The van der Waals surface area contributed by atoms with E-state index in [9.17, 15) is 4.79 Å². The molecule has 1 aromatic carbocycles. The Labute approximate surface area is 118 Å². The summed E-state index contributed by atoms with van der Waals surface area (Å²) in [7, 11) is 1.86. The topological polar surface area (TPSA) is 59.0 Å². The van der Waals surface area contributed by atoms with Crippen LogP contribution in [-0.2, 0) is 19.9 Å². The van der Waals surface area contributed by atoms with Gasteiger partial charge in [0.2, 0.25) is 0 Å². The van der Waals surface area contributed by atoms with Gasteiger partial charge in [-0.2, -0.15) is 5.10 Å². The van der Waals surface area contributed by atoms with Crippen molar-refractivity contribution in [1.29, 1.82) is 0 Å². The third kappa shape index (κ3) is 2.27. The summed E-state index contributed by atoms with van der Waals surface area (Å²) in [5.74, 6) is -0.0811. The second-order valence-electron chi connectivity index (χ2n) is 5.02. The first-order chi connectivity index (χ1) is 9.67. The molecule has 0 bridgehead atoms. The van der Waals surface area contributed by atoms with E-state index in [1.165, 1.54) is 5.56 Å². The number of hydrogen-bond donors (Lipinski definition) is 2. The van der Waals surface area contributed by atoms with Gasteiger partial charge in [-0.05, 0) is 36.6 Å². The van der Waals surface area contributed by atoms with Gasteiger partial charge in [0.1, 0.15) is 0 Å². The number of benzene rings is 1. The highest BCUT2D eigenvalue weighted by Gasteiger charge is 2.15. The first-order valence-electron chi connectivity index (χ1n) is 6.88. The van der Waals surface area contributed by atoms with E-state index in [2.05, 4.69) is 15.7 Å². The molecule has 1 aromatic heterocycles. The number of hydrogen-bond acceptors (Lipinski definition) is 3. The minimum atomic E-state index is -0.0811. The van der Waals surface area contributed by atoms with Gasteiger partial charge in [-0.15, -0.1) is 0 Å². The van der Waals surface area contributed by atoms with Crippen LogP contribution in [0.25, 0.3) is 0 Å². The average Bonchev–Trinajstić information content (AvgIpc) is 3.03. The minimum Gasteiger partial charge on any atom is -0.384 e. The Bertz CT molecular complexity index is 660. The summed E-state index contributed by atoms with van der Waals surface area (Å²) in [6.45, 7) is 2.97. The fourth-order valence-corrected chi connectivity index (χ4v) is 2.54. The van der Waals surface area contributed by atoms with Gasteiger partial charge in [0.25, 0.3) is 5.91 Å². The largest absolute Gasteiger partial charge is 0.384 e. The molecular weight excluding hydrogens is 252 g/mol. The van der Waals surface area contributed by atoms with Gasteiger partial charge in [-0.1, -0.05) is 6.92 Å². The highest BCUT2D eigenvalue weighted by molar-refractivity contribution is 6.05. The first kappa shape index (κ1) is 12.7. The molecule has 5 nitrogen and oxygen atoms in total. The van der Waals surface area contributed by atoms with E-state index in [-0.39, 0.29) is 5.91 Å². The molecule has 1 aliphatic rings. The van der Waals surface area contributed by atoms with E-state index in [1.54, 1.807) is 4.68 Å². The standard InChI is InChI=1S/C15H18N4O/c1-3-12-14(9-19(2)18-12)17-15(20)11-4-5-13-10(8-11)6-7-16-13/h4-5,8-9,16H,3,6-7H2,1-2H3,(H,17,20). The van der Waals surface area contributed by atoms with Crippen LogP contribution in [0.5, 0.6) is 0 Å². The van der Waals surface area contributed by atoms with Crippen molar-refractivity contribution in [1.82, 2.24) is 9.78 Å². The summed E-state index contributed by atoms with van der Waals surface area (Å²) in [6.07, 6.45) is 3.61. The third-order valence-electron chi connectivity index (χ3n) is 3.57. The number of aryl methyl sites for hydroxylation is 2. The van der Waals surface area contributed by atoms with Crippen LogP contribution >= 0.6 is 0 Å². The Morgan fingerprint density at radius 3 is 3.15 bits per heavy atom. The van der Waals surface area contributed by atoms with Gasteiger partial charge >= 0.3 is 0 Å². The third-order valence-corrected chi connectivity index (χ3v) is 3.57. The van der Waals surface area contributed by atoms with E-state index >= 15 is 0 Å². The van der Waals surface area contributed by atoms with Crippen LogP contribution in [0.2, 0.25) is 0 Å². The molecule has 20 heavy (non-hydrogen) atoms. The van der Waals surface area contributed by atoms with Crippen LogP contribution in [0.3, 0.4) is 0 Å². The molecule has 0 atom stereocenters. The lowest BCUT2D eigenvalue weighted by atomic mass is 10.1. The van der Waals surface area contributed by atoms with Crippen LogP contribution in [-0.4, -0.2) is 22.2 Å². The molecule has 3 rings (SSSR count). The van der Waals surface area contributed by atoms with E-state index < -0.39 is 0 Å². The summed E-state index contributed by atoms with van der Waals surface area (Å²) >= 11 is 0. The second kappa shape index (κ2) is 5.00. The Hall–Kier alpha value is -2.30. The van der Waals surface area contributed by atoms with E-state index in [1.807, 2.05) is 38.4 Å². The van der Waals surface area contributed by atoms with Crippen molar-refractivity contribution in [3.8, 4) is 0 Å². The van der Waals surface area contributed by atoms with Gasteiger partial charge in [0, 0.05) is 31.0 Å². The second-order valence-corrected chi connectivity index (χ2v) is 5.02. The normalized spacial score (nSPS) is 12.9. The number of fused-ring (bicyclic) bond motifs is 1. The van der Waals surface area contributed by atoms with Gasteiger partial charge in [0.05, 0.1) is 11.4 Å². The lowest BCUT2D eigenvalue weighted by Crippen LogP contribution is -2.12. The number of amides is 1. The van der Waals surface area contributed by atoms with Crippen molar-refractivity contribution >= 4 is 17.3 Å². The zero-order valence-electron chi connectivity index (χ0n) is 11.7. The van der Waals surface area contributed by atoms with Crippen molar-refractivity contribution in [2.45, 2.75) is 19.8 Å². The average molecular weight is 270 g/mol. The van der Waals surface area contributed by atoms with E-state index in [4.69, 9.17) is 0 Å². The molecule has 1 aliphatic heterocycles. The Balaban J connectivity index is 1.82. The first-order valence-corrected chi connectivity index (χ1v) is 6.88. The lowest BCUT2D eigenvalue weighted by molar-refractivity contribution is 0.102. The predicted molar refractivity (Wildman–Crippen MR) is 79.2 cm³/mol. The minimum absolute atomic E-state index is 0.0811. The molecule has 0 saturated heterocycles. The van der Waals surface area contributed by atoms with Crippen molar-refractivity contribution in [3.05, 3.63) is 41.2 Å². The summed E-state index contributed by atoms with van der Waals surface area (Å²) in [5, 5.41) is 10.6. The van der Waals surface area contributed by atoms with Crippen LogP contribution in [0.4, 0.5) is 11.4 Å². The molecule has 0 radical (unpaired) electrons. The van der Waals surface area contributed by atoms with Crippen molar-refractivity contribution in [2.75, 3.05) is 17.2 Å². The molecule has 1 amide bonds. The number of nitrogens with one attached hydrogen (secondary N) is 2. The van der Waals surface area contributed by atoms with Crippen LogP contribution in [0, 0.1) is 0 Å². The summed E-state index contributed by atoms with van der Waals surface area (Å²) in [5.41, 5.74) is 4.73. The molecule has 5 heteroatoms. The van der Waals surface area contributed by atoms with E-state index in [0.29, 0.717) is 5.56 Å². The Kier molecular flexibility index (Phi) is 3.18. The van der Waals surface area contributed by atoms with E-state index in [0.717, 1.165) is 36.5 Å². The van der Waals surface area contributed by atoms with Crippen LogP contribution < -0.4 is 10.6 Å². The van der Waals surface area contributed by atoms with Gasteiger partial charge in [-0.3, -0.25) is 9.48 Å². The van der Waals surface area contributed by atoms with Crippen LogP contribution in [0.15, 0.2) is 24.4 Å². The quantitative estimate of drug-likeness (QED) is 0.899. The van der Waals surface area contributed by atoms with Crippen LogP contribution in [0.1, 0.15) is 28.5 Å². The molecule has 2 N–H and O–H groups in total. The van der Waals surface area contributed by atoms with Crippen molar-refractivity contribution in [2.24, 2.45) is 7.05 Å². The Morgan fingerprint density at radius 1 is 1.50 bits per heavy atom. The summed E-state index contributed by atoms with van der Waals surface area (Å²) in [6, 6.07) is 5.79. The number of carbonyl (C=O) groups excluding carboxylic acids is 1. The number of aromatic nitrogens is 2. The van der Waals surface area contributed by atoms with Gasteiger partial charge < -0.3 is 10.6 Å². The van der Waals surface area contributed by atoms with Gasteiger partial charge in [0.15, 0.2) is 0 Å². The molecule has 2 heterocycles. The molecular formula is C15H18N4O. The SMILES string of the molecule is CCc1nn(C)cc1NC(=O)c1ccc2c(c1)CCN2. The fraction of sp³-hybridized carbons (Fsp3) is 0.333. The monoisotopic (exact) mass is 270 g/mol. The molecule has 0 unspecified atom stereocenters. The molecule has 0 saturated carbocycles. The highest BCUT2D eigenvalue weighted by atomic mass is 16.1. The predicted octanol–water partition coefficient (Wildman–Crippen LogP) is 2.20. The van der Waals surface area contributed by atoms with Crippen molar-refractivity contribution in [3.63, 3.8) is 0 Å². The smallest absolute Gasteiger partial charge is 0.255 e. The highest BCUT2D eigenvalue weighted by Crippen LogP contribution is 2.23. The summed E-state index contributed by atoms with van der Waals surface area (Å²) in [4.78, 5) is 12.3. The molecule has 2 aromatic rings. The van der Waals surface area contributed by atoms with Gasteiger partial charge in [-0.25, -0.2) is 0 Å². The number of rotatable bonds is 3. The Morgan fingerprint density at radius 2 is 2.35 bits per heavy atom. The molecule has 0 fully saturated rings. The lowest BCUT2D eigenvalue weighted by Gasteiger charge is -2.06. The zero-order chi connectivity index (χ0) is 14.1. The van der Waals surface area contributed by atoms with Crippen molar-refractivity contribution < 1.29 is 4.79 Å². The number of anilines is 2. The summed E-state index contributed by atoms with van der Waals surface area (Å²) < 4.78 is 1.72. The number of carbonyl (C=O) groups is 1.